The van der Waals surface area contributed by atoms with Gasteiger partial charge in [-0.2, -0.15) is 10.5 Å². The van der Waals surface area contributed by atoms with Crippen LogP contribution in [-0.2, 0) is 11.4 Å². The third kappa shape index (κ3) is 6.07. The maximum absolute atomic E-state index is 13.1. The first-order valence-electron chi connectivity index (χ1n) is 11.3. The summed E-state index contributed by atoms with van der Waals surface area (Å²) in [6.45, 7) is 2.82. The topological polar surface area (TPSA) is 80.4 Å². The summed E-state index contributed by atoms with van der Waals surface area (Å²) in [6.07, 6.45) is 1.62. The average molecular weight is 653 g/mol. The molecule has 0 aromatic heterocycles. The number of ether oxygens (including phenoxy) is 1. The van der Waals surface area contributed by atoms with Crippen molar-refractivity contribution in [1.82, 2.24) is 4.90 Å². The molecule has 0 N–H and O–H groups in total. The number of piperazine rings is 1. The fourth-order valence-electron chi connectivity index (χ4n) is 3.99. The second-order valence-electron chi connectivity index (χ2n) is 8.16. The smallest absolute Gasteiger partial charge is 0.264 e. The molecule has 4 rings (SSSR count). The Hall–Kier alpha value is -3.34. The second-order valence-corrected chi connectivity index (χ2v) is 10.2. The molecule has 1 saturated heterocycles. The van der Waals surface area contributed by atoms with Gasteiger partial charge < -0.3 is 14.5 Å². The van der Waals surface area contributed by atoms with Crippen LogP contribution in [0, 0.1) is 26.2 Å². The zero-order valence-electron chi connectivity index (χ0n) is 19.3. The van der Waals surface area contributed by atoms with Crippen molar-refractivity contribution in [2.45, 2.75) is 6.61 Å². The molecule has 1 heterocycles. The molecule has 36 heavy (non-hydrogen) atoms. The fraction of sp³-hybridized carbons (Fsp3) is 0.179. The molecular weight excluding hydrogens is 631 g/mol. The monoisotopic (exact) mass is 652 g/mol. The maximum Gasteiger partial charge on any atom is 0.264 e. The number of halogens is 2. The molecular formula is C28H22BrIN4O2. The van der Waals surface area contributed by atoms with Crippen LogP contribution in [0.5, 0.6) is 5.75 Å². The zero-order valence-corrected chi connectivity index (χ0v) is 23.1. The van der Waals surface area contributed by atoms with E-state index < -0.39 is 0 Å². The van der Waals surface area contributed by atoms with Gasteiger partial charge in [0.2, 0.25) is 0 Å². The lowest BCUT2D eigenvalue weighted by molar-refractivity contribution is -0.126. The Balaban J connectivity index is 1.45. The van der Waals surface area contributed by atoms with Gasteiger partial charge in [-0.15, -0.1) is 0 Å². The molecule has 0 spiro atoms. The van der Waals surface area contributed by atoms with Crippen molar-refractivity contribution in [2.75, 3.05) is 31.1 Å². The Morgan fingerprint density at radius 2 is 1.72 bits per heavy atom. The van der Waals surface area contributed by atoms with Crippen LogP contribution in [0.25, 0.3) is 6.08 Å². The molecule has 1 aliphatic heterocycles. The third-order valence-corrected chi connectivity index (χ3v) is 7.27. The summed E-state index contributed by atoms with van der Waals surface area (Å²) in [5.41, 5.74) is 3.34. The quantitative estimate of drug-likeness (QED) is 0.192. The minimum atomic E-state index is -0.259. The molecule has 8 heteroatoms. The van der Waals surface area contributed by atoms with Gasteiger partial charge in [-0.25, -0.2) is 0 Å². The van der Waals surface area contributed by atoms with E-state index in [1.807, 2.05) is 48.5 Å². The van der Waals surface area contributed by atoms with E-state index in [1.54, 1.807) is 17.0 Å². The van der Waals surface area contributed by atoms with E-state index in [-0.39, 0.29) is 18.1 Å². The lowest BCUT2D eigenvalue weighted by Gasteiger charge is -2.36. The summed E-state index contributed by atoms with van der Waals surface area (Å²) < 4.78 is 7.53. The molecule has 3 aromatic rings. The number of carbonyl (C=O) groups is 1. The molecule has 0 unspecified atom stereocenters. The molecule has 0 aliphatic carbocycles. The minimum absolute atomic E-state index is 0.0995. The average Bonchev–Trinajstić information content (AvgIpc) is 2.91. The number of carbonyl (C=O) groups excluding carboxylic acids is 1. The molecule has 1 aliphatic rings. The van der Waals surface area contributed by atoms with E-state index in [9.17, 15) is 15.3 Å². The predicted molar refractivity (Wildman–Crippen MR) is 151 cm³/mol. The van der Waals surface area contributed by atoms with Crippen LogP contribution in [0.1, 0.15) is 16.7 Å². The van der Waals surface area contributed by atoms with Crippen molar-refractivity contribution in [3.05, 3.63) is 97.0 Å². The Morgan fingerprint density at radius 3 is 2.39 bits per heavy atom. The van der Waals surface area contributed by atoms with E-state index in [2.05, 4.69) is 67.7 Å². The summed E-state index contributed by atoms with van der Waals surface area (Å²) in [5, 5.41) is 19.0. The van der Waals surface area contributed by atoms with Gasteiger partial charge in [-0.05, 0) is 80.5 Å². The van der Waals surface area contributed by atoms with Crippen LogP contribution in [0.2, 0.25) is 0 Å². The Morgan fingerprint density at radius 1 is 1.03 bits per heavy atom. The lowest BCUT2D eigenvalue weighted by Crippen LogP contribution is -2.49. The van der Waals surface area contributed by atoms with Crippen molar-refractivity contribution in [3.63, 3.8) is 0 Å². The third-order valence-electron chi connectivity index (χ3n) is 5.88. The van der Waals surface area contributed by atoms with E-state index in [0.29, 0.717) is 28.9 Å². The summed E-state index contributed by atoms with van der Waals surface area (Å²) in [5.74, 6) is 0.382. The molecule has 0 atom stereocenters. The number of para-hydroxylation sites is 1. The van der Waals surface area contributed by atoms with Crippen LogP contribution in [0.4, 0.5) is 5.69 Å². The van der Waals surface area contributed by atoms with Gasteiger partial charge in [0.1, 0.15) is 24.0 Å². The first kappa shape index (κ1) is 25.7. The van der Waals surface area contributed by atoms with Crippen LogP contribution in [0.15, 0.2) is 76.8 Å². The molecule has 0 radical (unpaired) electrons. The number of hydrogen-bond acceptors (Lipinski definition) is 5. The highest BCUT2D eigenvalue weighted by Crippen LogP contribution is 2.33. The highest BCUT2D eigenvalue weighted by molar-refractivity contribution is 14.1. The molecule has 1 fully saturated rings. The largest absolute Gasteiger partial charge is 0.487 e. The lowest BCUT2D eigenvalue weighted by atomic mass is 10.1. The SMILES string of the molecule is N#C/C(=C/c1cc(Br)c(OCc2ccccc2C#N)c(I)c1)C(=O)N1CCN(c2ccccc2)CC1. The van der Waals surface area contributed by atoms with Crippen LogP contribution in [0.3, 0.4) is 0 Å². The maximum atomic E-state index is 13.1. The number of nitriles is 2. The Kier molecular flexibility index (Phi) is 8.63. The van der Waals surface area contributed by atoms with Crippen molar-refractivity contribution in [2.24, 2.45) is 0 Å². The van der Waals surface area contributed by atoms with Crippen molar-refractivity contribution in [1.29, 1.82) is 10.5 Å². The van der Waals surface area contributed by atoms with Crippen LogP contribution in [-0.4, -0.2) is 37.0 Å². The Bertz CT molecular complexity index is 1350. The van der Waals surface area contributed by atoms with Crippen molar-refractivity contribution >= 4 is 56.2 Å². The second kappa shape index (κ2) is 12.1. The molecule has 0 saturated carbocycles. The number of amides is 1. The number of benzene rings is 3. The number of anilines is 1. The van der Waals surface area contributed by atoms with Gasteiger partial charge in [0.25, 0.3) is 5.91 Å². The summed E-state index contributed by atoms with van der Waals surface area (Å²) in [7, 11) is 0. The van der Waals surface area contributed by atoms with Gasteiger partial charge in [0, 0.05) is 37.4 Å². The van der Waals surface area contributed by atoms with Gasteiger partial charge in [-0.3, -0.25) is 4.79 Å². The van der Waals surface area contributed by atoms with E-state index >= 15 is 0 Å². The zero-order chi connectivity index (χ0) is 25.5. The Labute approximate surface area is 232 Å². The van der Waals surface area contributed by atoms with Gasteiger partial charge in [0.15, 0.2) is 0 Å². The van der Waals surface area contributed by atoms with E-state index in [1.165, 1.54) is 0 Å². The van der Waals surface area contributed by atoms with Gasteiger partial charge in [-0.1, -0.05) is 36.4 Å². The molecule has 1 amide bonds. The highest BCUT2D eigenvalue weighted by Gasteiger charge is 2.24. The number of rotatable bonds is 6. The minimum Gasteiger partial charge on any atom is -0.487 e. The number of nitrogens with zero attached hydrogens (tertiary/aromatic N) is 4. The van der Waals surface area contributed by atoms with E-state index in [4.69, 9.17) is 4.74 Å². The highest BCUT2D eigenvalue weighted by atomic mass is 127. The number of hydrogen-bond donors (Lipinski definition) is 0. The van der Waals surface area contributed by atoms with Crippen LogP contribution >= 0.6 is 38.5 Å². The fourth-order valence-corrected chi connectivity index (χ4v) is 5.76. The first-order valence-corrected chi connectivity index (χ1v) is 13.2. The predicted octanol–water partition coefficient (Wildman–Crippen LogP) is 5.76. The van der Waals surface area contributed by atoms with Gasteiger partial charge in [0.05, 0.1) is 19.7 Å². The first-order chi connectivity index (χ1) is 17.5. The van der Waals surface area contributed by atoms with E-state index in [0.717, 1.165) is 33.5 Å². The van der Waals surface area contributed by atoms with Crippen molar-refractivity contribution < 1.29 is 9.53 Å². The molecule has 6 nitrogen and oxygen atoms in total. The van der Waals surface area contributed by atoms with Crippen molar-refractivity contribution in [3.8, 4) is 17.9 Å². The summed E-state index contributed by atoms with van der Waals surface area (Å²) in [6, 6.07) is 25.4. The summed E-state index contributed by atoms with van der Waals surface area (Å²) >= 11 is 5.72. The molecule has 0 bridgehead atoms. The van der Waals surface area contributed by atoms with Crippen LogP contribution < -0.4 is 9.64 Å². The molecule has 3 aromatic carbocycles. The normalized spacial score (nSPS) is 13.6. The summed E-state index contributed by atoms with van der Waals surface area (Å²) in [4.78, 5) is 17.1. The standard InChI is InChI=1S/C28H22BrIN4O2/c29-25-15-20(16-26(30)27(25)36-19-22-7-5-4-6-21(22)17-31)14-23(18-32)28(35)34-12-10-33(11-13-34)24-8-2-1-3-9-24/h1-9,14-16H,10-13,19H2/b23-14-. The molecule has 180 valence electrons. The van der Waals surface area contributed by atoms with Gasteiger partial charge >= 0.3 is 0 Å².